The van der Waals surface area contributed by atoms with Gasteiger partial charge in [-0.1, -0.05) is 42.5 Å². The zero-order valence-electron chi connectivity index (χ0n) is 18.4. The lowest BCUT2D eigenvalue weighted by Crippen LogP contribution is -2.45. The van der Waals surface area contributed by atoms with Crippen LogP contribution in [0.15, 0.2) is 48.5 Å². The molecule has 2 rings (SSSR count). The summed E-state index contributed by atoms with van der Waals surface area (Å²) in [7, 11) is 0. The highest BCUT2D eigenvalue weighted by Crippen LogP contribution is 2.28. The molecule has 1 atom stereocenters. The molecule has 1 unspecified atom stereocenters. The minimum absolute atomic E-state index is 0.268. The molecule has 0 aromatic heterocycles. The van der Waals surface area contributed by atoms with Crippen LogP contribution in [0.1, 0.15) is 18.4 Å². The lowest BCUT2D eigenvalue weighted by molar-refractivity contribution is -0.365. The molecule has 2 aromatic rings. The highest BCUT2D eigenvalue weighted by molar-refractivity contribution is 5.78. The fourth-order valence-corrected chi connectivity index (χ4v) is 2.96. The first-order valence-electron chi connectivity index (χ1n) is 9.92. The summed E-state index contributed by atoms with van der Waals surface area (Å²) in [4.78, 5) is 25.7. The molecule has 35 heavy (non-hydrogen) atoms. The van der Waals surface area contributed by atoms with Gasteiger partial charge in [0, 0.05) is 5.56 Å². The van der Waals surface area contributed by atoms with Crippen molar-refractivity contribution >= 4 is 5.97 Å². The van der Waals surface area contributed by atoms with Crippen LogP contribution in [0.5, 0.6) is 0 Å². The normalized spacial score (nSPS) is 13.0. The van der Waals surface area contributed by atoms with Gasteiger partial charge in [0.25, 0.3) is 0 Å². The van der Waals surface area contributed by atoms with Crippen molar-refractivity contribution in [3.05, 3.63) is 75.5 Å². The number of carbonyl (C=O) groups excluding carboxylic acids is 1. The van der Waals surface area contributed by atoms with Crippen molar-refractivity contribution in [2.75, 3.05) is 26.4 Å². The fraction of sp³-hybridized carbons (Fsp3) is 0.350. The molecule has 14 nitrogen and oxygen atoms in total. The van der Waals surface area contributed by atoms with Crippen LogP contribution in [-0.4, -0.2) is 64.2 Å². The average molecular weight is 500 g/mol. The summed E-state index contributed by atoms with van der Waals surface area (Å²) < 4.78 is 19.9. The minimum Gasteiger partial charge on any atom is -0.738 e. The maximum absolute atomic E-state index is 14.7. The molecule has 0 aliphatic heterocycles. The molecule has 0 radical (unpaired) electrons. The van der Waals surface area contributed by atoms with Crippen molar-refractivity contribution in [1.29, 1.82) is 0 Å². The Morgan fingerprint density at radius 2 is 1.43 bits per heavy atom. The Labute approximate surface area is 198 Å². The van der Waals surface area contributed by atoms with Crippen molar-refractivity contribution in [3.8, 4) is 11.1 Å². The fourth-order valence-electron chi connectivity index (χ4n) is 2.96. The summed E-state index contributed by atoms with van der Waals surface area (Å²) >= 11 is 0. The van der Waals surface area contributed by atoms with Gasteiger partial charge in [0.15, 0.2) is 0 Å². The van der Waals surface area contributed by atoms with Gasteiger partial charge in [-0.05, 0) is 24.1 Å². The number of hydrogen-bond donors (Lipinski definition) is 3. The Morgan fingerprint density at radius 3 is 1.89 bits per heavy atom. The van der Waals surface area contributed by atoms with Gasteiger partial charge in [0.05, 0.1) is 31.2 Å². The maximum Gasteiger partial charge on any atom is 0.313 e. The van der Waals surface area contributed by atoms with Crippen LogP contribution in [-0.2, 0) is 24.0 Å². The Bertz CT molecular complexity index is 903. The number of rotatable bonds is 14. The van der Waals surface area contributed by atoms with E-state index in [0.29, 0.717) is 11.1 Å². The van der Waals surface area contributed by atoms with Gasteiger partial charge in [-0.3, -0.25) is 19.3 Å². The van der Waals surface area contributed by atoms with E-state index in [-0.39, 0.29) is 5.56 Å². The summed E-state index contributed by atoms with van der Waals surface area (Å²) in [6.45, 7) is -1.92. The molecule has 0 fully saturated rings. The van der Waals surface area contributed by atoms with E-state index in [2.05, 4.69) is 14.5 Å². The number of carbonyl (C=O) groups is 1. The SMILES string of the molecule is CC(C(=O)OCC(CON([O-])O)(CON([O-])O)CON([O-])O)c1ccc(-c2ccccc2)c(F)c1. The van der Waals surface area contributed by atoms with Crippen molar-refractivity contribution in [1.82, 2.24) is 16.2 Å². The number of halogens is 1. The van der Waals surface area contributed by atoms with Crippen molar-refractivity contribution in [2.45, 2.75) is 12.8 Å². The number of benzene rings is 2. The maximum atomic E-state index is 14.7. The van der Waals surface area contributed by atoms with Crippen LogP contribution in [0.4, 0.5) is 4.39 Å². The summed E-state index contributed by atoms with van der Waals surface area (Å²) in [5.74, 6) is -2.46. The Hall–Kier alpha value is -2.64. The monoisotopic (exact) mass is 500 g/mol. The zero-order chi connectivity index (χ0) is 26.0. The molecule has 194 valence electrons. The largest absolute Gasteiger partial charge is 0.738 e. The van der Waals surface area contributed by atoms with Crippen LogP contribution in [0.3, 0.4) is 0 Å². The molecule has 3 N–H and O–H groups in total. The van der Waals surface area contributed by atoms with E-state index < -0.39 is 65.7 Å². The van der Waals surface area contributed by atoms with E-state index >= 15 is 0 Å². The topological polar surface area (TPSA) is 194 Å². The van der Waals surface area contributed by atoms with E-state index in [1.165, 1.54) is 25.1 Å². The summed E-state index contributed by atoms with van der Waals surface area (Å²) in [6.07, 6.45) is 0. The van der Waals surface area contributed by atoms with Gasteiger partial charge >= 0.3 is 5.97 Å². The lowest BCUT2D eigenvalue weighted by atomic mass is 9.92. The van der Waals surface area contributed by atoms with Gasteiger partial charge in [-0.2, -0.15) is 0 Å². The second kappa shape index (κ2) is 13.4. The number of nitrogens with zero attached hydrogens (tertiary/aromatic N) is 3. The Morgan fingerprint density at radius 1 is 0.914 bits per heavy atom. The third-order valence-electron chi connectivity index (χ3n) is 4.90. The number of ether oxygens (including phenoxy) is 1. The zero-order valence-corrected chi connectivity index (χ0v) is 18.4. The second-order valence-corrected chi connectivity index (χ2v) is 7.47. The summed E-state index contributed by atoms with van der Waals surface area (Å²) in [6, 6.07) is 12.9. The number of esters is 1. The first-order valence-corrected chi connectivity index (χ1v) is 9.92. The molecule has 0 bridgehead atoms. The van der Waals surface area contributed by atoms with Crippen molar-refractivity contribution in [2.24, 2.45) is 5.41 Å². The first kappa shape index (κ1) is 28.6. The van der Waals surface area contributed by atoms with Crippen molar-refractivity contribution in [3.63, 3.8) is 0 Å². The highest BCUT2D eigenvalue weighted by atomic mass is 19.1. The number of hydrogen-bond acceptors (Lipinski definition) is 14. The van der Waals surface area contributed by atoms with Gasteiger partial charge in [-0.25, -0.2) is 4.39 Å². The predicted molar refractivity (Wildman–Crippen MR) is 112 cm³/mol. The molecule has 0 amide bonds. The third kappa shape index (κ3) is 9.15. The van der Waals surface area contributed by atoms with E-state index in [9.17, 15) is 24.8 Å². The molecule has 0 aliphatic carbocycles. The minimum atomic E-state index is -1.86. The molecule has 2 aromatic carbocycles. The molecular formula is C20H23FN3O11-3. The molecular weight excluding hydrogens is 477 g/mol. The van der Waals surface area contributed by atoms with Crippen LogP contribution in [0.2, 0.25) is 0 Å². The smallest absolute Gasteiger partial charge is 0.313 e. The van der Waals surface area contributed by atoms with Crippen LogP contribution < -0.4 is 0 Å². The standard InChI is InChI=1S/C20H23FN3O11/c1-14(16-7-8-17(18(21)9-16)15-5-3-2-4-6-15)19(25)32-10-20(11-33-22(26)27,12-34-23(28)29)13-35-24(30)31/h2-9,14,26,28,30H,10-13H2,1H3/q-3. The van der Waals surface area contributed by atoms with E-state index in [1.54, 1.807) is 30.3 Å². The average Bonchev–Trinajstić information content (AvgIpc) is 2.82. The van der Waals surface area contributed by atoms with Crippen LogP contribution in [0, 0.1) is 26.9 Å². The summed E-state index contributed by atoms with van der Waals surface area (Å²) in [5, 5.41) is 55.5. The van der Waals surface area contributed by atoms with E-state index in [4.69, 9.17) is 20.4 Å². The van der Waals surface area contributed by atoms with Gasteiger partial charge in [-0.15, -0.1) is 16.2 Å². The van der Waals surface area contributed by atoms with Gasteiger partial charge in [0.1, 0.15) is 12.4 Å². The second-order valence-electron chi connectivity index (χ2n) is 7.47. The highest BCUT2D eigenvalue weighted by Gasteiger charge is 2.36. The first-order chi connectivity index (χ1) is 16.5. The van der Waals surface area contributed by atoms with Gasteiger partial charge < -0.3 is 36.0 Å². The van der Waals surface area contributed by atoms with Crippen molar-refractivity contribution < 1.29 is 44.1 Å². The molecule has 0 saturated heterocycles. The third-order valence-corrected chi connectivity index (χ3v) is 4.90. The summed E-state index contributed by atoms with van der Waals surface area (Å²) in [5.41, 5.74) is -0.630. The van der Waals surface area contributed by atoms with Gasteiger partial charge in [0.2, 0.25) is 0 Å². The molecule has 0 saturated carbocycles. The van der Waals surface area contributed by atoms with E-state index in [0.717, 1.165) is 0 Å². The lowest BCUT2D eigenvalue weighted by Gasteiger charge is -2.36. The molecule has 0 heterocycles. The predicted octanol–water partition coefficient (Wildman–Crippen LogP) is 2.49. The quantitative estimate of drug-likeness (QED) is 0.253. The Balaban J connectivity index is 2.16. The van der Waals surface area contributed by atoms with Crippen LogP contribution >= 0.6 is 0 Å². The molecule has 0 aliphatic rings. The molecule has 15 heteroatoms. The molecule has 0 spiro atoms. The van der Waals surface area contributed by atoms with E-state index in [1.807, 2.05) is 0 Å². The Kier molecular flexibility index (Phi) is 11.0. The van der Waals surface area contributed by atoms with Crippen LogP contribution in [0.25, 0.3) is 11.1 Å².